The molecule has 0 spiro atoms. The second-order valence-corrected chi connectivity index (χ2v) is 6.27. The number of phenolic OH excluding ortho intramolecular Hbond substituents is 1. The van der Waals surface area contributed by atoms with Gasteiger partial charge >= 0.3 is 0 Å². The summed E-state index contributed by atoms with van der Waals surface area (Å²) in [6, 6.07) is 10.2. The van der Waals surface area contributed by atoms with Crippen molar-refractivity contribution in [3.63, 3.8) is 0 Å². The molecular weight excluding hydrogens is 356 g/mol. The fourth-order valence-corrected chi connectivity index (χ4v) is 2.74. The average Bonchev–Trinajstić information content (AvgIpc) is 2.55. The zero-order chi connectivity index (χ0) is 19.3. The Kier molecular flexibility index (Phi) is 6.36. The number of rotatable bonds is 6. The number of Topliss-reactive ketones (excluding diaryl/α,β-unsaturated/α-hetero) is 1. The smallest absolute Gasteiger partial charge is 0.247 e. The standard InChI is InChI=1S/C19H19ClN2O4/c1-11(23)16-8-5-14(10-17(16)20)22-19(26)18(21-12(2)24)9-13-3-6-15(25)7-4-13/h3-8,10,18,25H,9H2,1-2H3,(H,21,24)(H,22,26). The minimum Gasteiger partial charge on any atom is -0.508 e. The van der Waals surface area contributed by atoms with Crippen LogP contribution in [-0.2, 0) is 16.0 Å². The van der Waals surface area contributed by atoms with Crippen LogP contribution in [0.25, 0.3) is 0 Å². The molecule has 0 fully saturated rings. The lowest BCUT2D eigenvalue weighted by Gasteiger charge is -2.18. The number of ketones is 1. The number of hydrogen-bond donors (Lipinski definition) is 3. The number of aromatic hydroxyl groups is 1. The van der Waals surface area contributed by atoms with Gasteiger partial charge in [-0.05, 0) is 42.8 Å². The minimum atomic E-state index is -0.802. The molecule has 2 aromatic rings. The molecule has 2 aromatic carbocycles. The van der Waals surface area contributed by atoms with Crippen molar-refractivity contribution in [3.8, 4) is 5.75 Å². The summed E-state index contributed by atoms with van der Waals surface area (Å²) in [5.74, 6) is -0.806. The van der Waals surface area contributed by atoms with E-state index >= 15 is 0 Å². The summed E-state index contributed by atoms with van der Waals surface area (Å²) in [5, 5.41) is 14.9. The fourth-order valence-electron chi connectivity index (χ4n) is 2.43. The number of hydrogen-bond acceptors (Lipinski definition) is 4. The summed E-state index contributed by atoms with van der Waals surface area (Å²) in [6.07, 6.45) is 0.255. The monoisotopic (exact) mass is 374 g/mol. The molecule has 7 heteroatoms. The Balaban J connectivity index is 2.15. The molecule has 6 nitrogen and oxygen atoms in total. The largest absolute Gasteiger partial charge is 0.508 e. The Morgan fingerprint density at radius 1 is 1.08 bits per heavy atom. The maximum absolute atomic E-state index is 12.6. The molecule has 0 aliphatic heterocycles. The van der Waals surface area contributed by atoms with Crippen molar-refractivity contribution in [2.24, 2.45) is 0 Å². The maximum Gasteiger partial charge on any atom is 0.247 e. The second-order valence-electron chi connectivity index (χ2n) is 5.86. The van der Waals surface area contributed by atoms with Gasteiger partial charge in [-0.25, -0.2) is 0 Å². The Morgan fingerprint density at radius 3 is 2.27 bits per heavy atom. The van der Waals surface area contributed by atoms with Gasteiger partial charge in [0.1, 0.15) is 11.8 Å². The Labute approximate surface area is 156 Å². The highest BCUT2D eigenvalue weighted by Gasteiger charge is 2.20. The molecule has 1 atom stereocenters. The number of phenols is 1. The second kappa shape index (κ2) is 8.49. The first-order chi connectivity index (χ1) is 12.3. The fraction of sp³-hybridized carbons (Fsp3) is 0.211. The molecule has 0 heterocycles. The Hall–Kier alpha value is -2.86. The van der Waals surface area contributed by atoms with Crippen LogP contribution in [0.15, 0.2) is 42.5 Å². The molecular formula is C19H19ClN2O4. The first-order valence-corrected chi connectivity index (χ1v) is 8.30. The lowest BCUT2D eigenvalue weighted by Crippen LogP contribution is -2.44. The van der Waals surface area contributed by atoms with Crippen LogP contribution < -0.4 is 10.6 Å². The Bertz CT molecular complexity index is 834. The molecule has 2 amide bonds. The number of amides is 2. The number of benzene rings is 2. The zero-order valence-corrected chi connectivity index (χ0v) is 15.1. The number of carbonyl (C=O) groups excluding carboxylic acids is 3. The van der Waals surface area contributed by atoms with Crippen molar-refractivity contribution in [1.29, 1.82) is 0 Å². The lowest BCUT2D eigenvalue weighted by atomic mass is 10.0. The summed E-state index contributed by atoms with van der Waals surface area (Å²) >= 11 is 6.05. The molecule has 0 saturated heterocycles. The third-order valence-corrected chi connectivity index (χ3v) is 4.00. The SMILES string of the molecule is CC(=O)NC(Cc1ccc(O)cc1)C(=O)Nc1ccc(C(C)=O)c(Cl)c1. The molecule has 0 aromatic heterocycles. The molecule has 0 radical (unpaired) electrons. The average molecular weight is 375 g/mol. The van der Waals surface area contributed by atoms with Gasteiger partial charge in [-0.3, -0.25) is 14.4 Å². The topological polar surface area (TPSA) is 95.5 Å². The van der Waals surface area contributed by atoms with Gasteiger partial charge in [0.2, 0.25) is 11.8 Å². The van der Waals surface area contributed by atoms with E-state index in [1.807, 2.05) is 0 Å². The predicted octanol–water partition coefficient (Wildman–Crippen LogP) is 2.93. The molecule has 3 N–H and O–H groups in total. The first-order valence-electron chi connectivity index (χ1n) is 7.92. The maximum atomic E-state index is 12.6. The van der Waals surface area contributed by atoms with E-state index in [1.165, 1.54) is 38.1 Å². The van der Waals surface area contributed by atoms with E-state index in [1.54, 1.807) is 18.2 Å². The Morgan fingerprint density at radius 2 is 1.73 bits per heavy atom. The van der Waals surface area contributed by atoms with Gasteiger partial charge in [0.25, 0.3) is 0 Å². The molecule has 0 aliphatic carbocycles. The molecule has 26 heavy (non-hydrogen) atoms. The summed E-state index contributed by atoms with van der Waals surface area (Å²) in [6.45, 7) is 2.74. The van der Waals surface area contributed by atoms with Crippen LogP contribution in [0, 0.1) is 0 Å². The number of nitrogens with one attached hydrogen (secondary N) is 2. The van der Waals surface area contributed by atoms with E-state index in [0.717, 1.165) is 5.56 Å². The van der Waals surface area contributed by atoms with Crippen LogP contribution in [0.3, 0.4) is 0 Å². The van der Waals surface area contributed by atoms with Gasteiger partial charge in [0.05, 0.1) is 5.02 Å². The molecule has 2 rings (SSSR count). The normalized spacial score (nSPS) is 11.5. The van der Waals surface area contributed by atoms with E-state index < -0.39 is 11.9 Å². The van der Waals surface area contributed by atoms with Gasteiger partial charge in [-0.1, -0.05) is 23.7 Å². The van der Waals surface area contributed by atoms with E-state index in [0.29, 0.717) is 11.3 Å². The van der Waals surface area contributed by atoms with E-state index in [2.05, 4.69) is 10.6 Å². The van der Waals surface area contributed by atoms with Crippen LogP contribution in [0.4, 0.5) is 5.69 Å². The summed E-state index contributed by atoms with van der Waals surface area (Å²) in [7, 11) is 0. The van der Waals surface area contributed by atoms with Crippen molar-refractivity contribution < 1.29 is 19.5 Å². The van der Waals surface area contributed by atoms with Crippen molar-refractivity contribution in [3.05, 3.63) is 58.6 Å². The summed E-state index contributed by atoms with van der Waals surface area (Å²) < 4.78 is 0. The zero-order valence-electron chi connectivity index (χ0n) is 14.4. The summed E-state index contributed by atoms with van der Waals surface area (Å²) in [5.41, 5.74) is 1.57. The van der Waals surface area contributed by atoms with Crippen LogP contribution in [0.5, 0.6) is 5.75 Å². The molecule has 0 saturated carbocycles. The van der Waals surface area contributed by atoms with Gasteiger partial charge in [-0.2, -0.15) is 0 Å². The van der Waals surface area contributed by atoms with Crippen LogP contribution >= 0.6 is 11.6 Å². The minimum absolute atomic E-state index is 0.120. The molecule has 0 bridgehead atoms. The van der Waals surface area contributed by atoms with Crippen LogP contribution in [0.1, 0.15) is 29.8 Å². The molecule has 1 unspecified atom stereocenters. The van der Waals surface area contributed by atoms with Crippen molar-refractivity contribution >= 4 is 34.9 Å². The number of halogens is 1. The van der Waals surface area contributed by atoms with E-state index in [4.69, 9.17) is 11.6 Å². The number of carbonyl (C=O) groups is 3. The number of anilines is 1. The van der Waals surface area contributed by atoms with Crippen LogP contribution in [-0.4, -0.2) is 28.7 Å². The van der Waals surface area contributed by atoms with E-state index in [-0.39, 0.29) is 28.9 Å². The van der Waals surface area contributed by atoms with E-state index in [9.17, 15) is 19.5 Å². The van der Waals surface area contributed by atoms with Crippen molar-refractivity contribution in [1.82, 2.24) is 5.32 Å². The molecule has 0 aliphatic rings. The van der Waals surface area contributed by atoms with Gasteiger partial charge in [-0.15, -0.1) is 0 Å². The quantitative estimate of drug-likeness (QED) is 0.677. The highest BCUT2D eigenvalue weighted by molar-refractivity contribution is 6.34. The third kappa shape index (κ3) is 5.32. The predicted molar refractivity (Wildman–Crippen MR) is 99.5 cm³/mol. The summed E-state index contributed by atoms with van der Waals surface area (Å²) in [4.78, 5) is 35.4. The highest BCUT2D eigenvalue weighted by Crippen LogP contribution is 2.22. The van der Waals surface area contributed by atoms with Gasteiger partial charge in [0.15, 0.2) is 5.78 Å². The van der Waals surface area contributed by atoms with Crippen molar-refractivity contribution in [2.75, 3.05) is 5.32 Å². The van der Waals surface area contributed by atoms with Crippen LogP contribution in [0.2, 0.25) is 5.02 Å². The van der Waals surface area contributed by atoms with Crippen molar-refractivity contribution in [2.45, 2.75) is 26.3 Å². The lowest BCUT2D eigenvalue weighted by molar-refractivity contribution is -0.125. The third-order valence-electron chi connectivity index (χ3n) is 3.69. The molecule has 136 valence electrons. The van der Waals surface area contributed by atoms with Gasteiger partial charge in [0, 0.05) is 24.6 Å². The highest BCUT2D eigenvalue weighted by atomic mass is 35.5. The van der Waals surface area contributed by atoms with Gasteiger partial charge < -0.3 is 15.7 Å². The first kappa shape index (κ1) is 19.5.